The van der Waals surface area contributed by atoms with Crippen LogP contribution >= 0.6 is 12.2 Å². The molecular formula is C18H17N5S. The summed E-state index contributed by atoms with van der Waals surface area (Å²) in [5.41, 5.74) is 4.31. The zero-order valence-electron chi connectivity index (χ0n) is 13.5. The molecule has 2 heterocycles. The van der Waals surface area contributed by atoms with E-state index < -0.39 is 0 Å². The van der Waals surface area contributed by atoms with Crippen molar-refractivity contribution in [2.24, 2.45) is 0 Å². The Balaban J connectivity index is 1.82. The molecule has 4 aromatic rings. The predicted molar refractivity (Wildman–Crippen MR) is 97.1 cm³/mol. The molecule has 6 heteroatoms. The zero-order valence-corrected chi connectivity index (χ0v) is 14.3. The van der Waals surface area contributed by atoms with Crippen LogP contribution in [0.4, 0.5) is 0 Å². The number of nitrogens with zero attached hydrogens (tertiary/aromatic N) is 4. The molecule has 120 valence electrons. The summed E-state index contributed by atoms with van der Waals surface area (Å²) >= 11 is 5.43. The lowest BCUT2D eigenvalue weighted by Gasteiger charge is -2.10. The van der Waals surface area contributed by atoms with Crippen molar-refractivity contribution < 1.29 is 0 Å². The number of benzene rings is 2. The summed E-state index contributed by atoms with van der Waals surface area (Å²) in [6.45, 7) is 4.69. The van der Waals surface area contributed by atoms with E-state index in [9.17, 15) is 0 Å². The van der Waals surface area contributed by atoms with Crippen molar-refractivity contribution in [3.05, 3.63) is 70.5 Å². The molecule has 2 aromatic carbocycles. The number of aromatic nitrogens is 5. The van der Waals surface area contributed by atoms with Crippen LogP contribution in [0.15, 0.2) is 48.5 Å². The van der Waals surface area contributed by atoms with Gasteiger partial charge >= 0.3 is 0 Å². The van der Waals surface area contributed by atoms with E-state index in [1.807, 2.05) is 29.7 Å². The van der Waals surface area contributed by atoms with E-state index >= 15 is 0 Å². The number of imidazole rings is 1. The van der Waals surface area contributed by atoms with Crippen LogP contribution in [-0.2, 0) is 6.54 Å². The normalized spacial score (nSPS) is 11.2. The van der Waals surface area contributed by atoms with Crippen molar-refractivity contribution in [1.29, 1.82) is 0 Å². The summed E-state index contributed by atoms with van der Waals surface area (Å²) in [6, 6.07) is 16.4. The summed E-state index contributed by atoms with van der Waals surface area (Å²) < 4.78 is 4.73. The number of aryl methyl sites for hydroxylation is 2. The second-order valence-electron chi connectivity index (χ2n) is 5.85. The Bertz CT molecular complexity index is 1070. The fourth-order valence-electron chi connectivity index (χ4n) is 2.93. The molecule has 5 nitrogen and oxygen atoms in total. The Labute approximate surface area is 144 Å². The molecule has 0 unspecified atom stereocenters. The molecule has 0 amide bonds. The largest absolute Gasteiger partial charge is 0.320 e. The van der Waals surface area contributed by atoms with Gasteiger partial charge in [0, 0.05) is 5.69 Å². The fraction of sp³-hybridized carbons (Fsp3) is 0.167. The average Bonchev–Trinajstić information content (AvgIpc) is 3.09. The van der Waals surface area contributed by atoms with Gasteiger partial charge in [-0.2, -0.15) is 5.10 Å². The van der Waals surface area contributed by atoms with Crippen LogP contribution in [0.2, 0.25) is 0 Å². The topological polar surface area (TPSA) is 51.4 Å². The maximum absolute atomic E-state index is 5.43. The third-order valence-electron chi connectivity index (χ3n) is 4.18. The molecule has 0 aliphatic heterocycles. The van der Waals surface area contributed by atoms with Gasteiger partial charge in [0.15, 0.2) is 10.6 Å². The molecule has 0 fully saturated rings. The molecule has 0 radical (unpaired) electrons. The highest BCUT2D eigenvalue weighted by atomic mass is 32.1. The third kappa shape index (κ3) is 2.45. The monoisotopic (exact) mass is 335 g/mol. The highest BCUT2D eigenvalue weighted by molar-refractivity contribution is 7.71. The first-order valence-electron chi connectivity index (χ1n) is 7.79. The number of para-hydroxylation sites is 2. The summed E-state index contributed by atoms with van der Waals surface area (Å²) in [4.78, 5) is 4.62. The van der Waals surface area contributed by atoms with Crippen molar-refractivity contribution >= 4 is 23.3 Å². The highest BCUT2D eigenvalue weighted by Gasteiger charge is 2.13. The van der Waals surface area contributed by atoms with Crippen LogP contribution in [0.1, 0.15) is 17.2 Å². The van der Waals surface area contributed by atoms with Gasteiger partial charge in [0.2, 0.25) is 0 Å². The lowest BCUT2D eigenvalue weighted by molar-refractivity contribution is 0.718. The lowest BCUT2D eigenvalue weighted by Crippen LogP contribution is -2.09. The number of aromatic amines is 1. The van der Waals surface area contributed by atoms with Crippen LogP contribution in [0.3, 0.4) is 0 Å². The van der Waals surface area contributed by atoms with Gasteiger partial charge in [0.05, 0.1) is 17.6 Å². The third-order valence-corrected chi connectivity index (χ3v) is 4.45. The van der Waals surface area contributed by atoms with Crippen LogP contribution < -0.4 is 0 Å². The molecule has 1 N–H and O–H groups in total. The van der Waals surface area contributed by atoms with E-state index in [2.05, 4.69) is 57.0 Å². The van der Waals surface area contributed by atoms with Gasteiger partial charge in [0.1, 0.15) is 5.82 Å². The molecule has 24 heavy (non-hydrogen) atoms. The smallest absolute Gasteiger partial charge is 0.199 e. The zero-order chi connectivity index (χ0) is 16.7. The average molecular weight is 335 g/mol. The Morgan fingerprint density at radius 1 is 1.04 bits per heavy atom. The molecule has 0 saturated carbocycles. The summed E-state index contributed by atoms with van der Waals surface area (Å²) in [7, 11) is 0. The molecule has 0 aliphatic carbocycles. The second-order valence-corrected chi connectivity index (χ2v) is 6.24. The van der Waals surface area contributed by atoms with Gasteiger partial charge in [-0.05, 0) is 50.3 Å². The Morgan fingerprint density at radius 3 is 2.58 bits per heavy atom. The van der Waals surface area contributed by atoms with Crippen molar-refractivity contribution in [2.75, 3.05) is 0 Å². The van der Waals surface area contributed by atoms with E-state index in [1.54, 1.807) is 0 Å². The minimum absolute atomic E-state index is 0.593. The Morgan fingerprint density at radius 2 is 1.79 bits per heavy atom. The Hall–Kier alpha value is -2.73. The van der Waals surface area contributed by atoms with Gasteiger partial charge < -0.3 is 4.57 Å². The first kappa shape index (κ1) is 14.8. The van der Waals surface area contributed by atoms with Crippen LogP contribution in [0, 0.1) is 18.6 Å². The van der Waals surface area contributed by atoms with Gasteiger partial charge in [-0.25, -0.2) is 4.98 Å². The quantitative estimate of drug-likeness (QED) is 0.577. The number of hydrogen-bond acceptors (Lipinski definition) is 3. The predicted octanol–water partition coefficient (Wildman–Crippen LogP) is 3.94. The molecule has 0 spiro atoms. The first-order chi connectivity index (χ1) is 11.6. The number of fused-ring (bicyclic) bond motifs is 1. The lowest BCUT2D eigenvalue weighted by atomic mass is 10.2. The van der Waals surface area contributed by atoms with Gasteiger partial charge in [-0.3, -0.25) is 9.67 Å². The molecule has 0 bridgehead atoms. The molecule has 0 aliphatic rings. The highest BCUT2D eigenvalue weighted by Crippen LogP contribution is 2.19. The van der Waals surface area contributed by atoms with E-state index in [4.69, 9.17) is 12.2 Å². The van der Waals surface area contributed by atoms with Crippen LogP contribution in [0.25, 0.3) is 16.7 Å². The van der Waals surface area contributed by atoms with Gasteiger partial charge in [0.25, 0.3) is 0 Å². The maximum atomic E-state index is 5.43. The van der Waals surface area contributed by atoms with Crippen LogP contribution in [0.5, 0.6) is 0 Å². The molecule has 0 saturated heterocycles. The fourth-order valence-corrected chi connectivity index (χ4v) is 3.19. The number of nitrogens with one attached hydrogen (secondary N) is 1. The van der Waals surface area contributed by atoms with Gasteiger partial charge in [-0.1, -0.05) is 29.8 Å². The van der Waals surface area contributed by atoms with E-state index in [0.29, 0.717) is 11.3 Å². The van der Waals surface area contributed by atoms with Crippen LogP contribution in [-0.4, -0.2) is 24.3 Å². The molecule has 4 rings (SSSR count). The number of H-pyrrole nitrogens is 1. The van der Waals surface area contributed by atoms with Crippen molar-refractivity contribution in [3.8, 4) is 5.69 Å². The van der Waals surface area contributed by atoms with Crippen molar-refractivity contribution in [1.82, 2.24) is 24.3 Å². The first-order valence-corrected chi connectivity index (χ1v) is 8.19. The molecule has 0 atom stereocenters. The van der Waals surface area contributed by atoms with Gasteiger partial charge in [-0.15, -0.1) is 0 Å². The molecular weight excluding hydrogens is 318 g/mol. The van der Waals surface area contributed by atoms with Crippen molar-refractivity contribution in [3.63, 3.8) is 0 Å². The summed E-state index contributed by atoms with van der Waals surface area (Å²) in [6.07, 6.45) is 0. The Kier molecular flexibility index (Phi) is 3.54. The second kappa shape index (κ2) is 5.72. The van der Waals surface area contributed by atoms with E-state index in [-0.39, 0.29) is 0 Å². The molecule has 2 aromatic heterocycles. The maximum Gasteiger partial charge on any atom is 0.199 e. The minimum Gasteiger partial charge on any atom is -0.320 e. The SMILES string of the molecule is Cc1ccc(-n2c(Cn3c(C)nc4ccccc43)n[nH]c2=S)cc1. The minimum atomic E-state index is 0.593. The van der Waals surface area contributed by atoms with E-state index in [1.165, 1.54) is 5.56 Å². The number of rotatable bonds is 3. The van der Waals surface area contributed by atoms with Crippen molar-refractivity contribution in [2.45, 2.75) is 20.4 Å². The van der Waals surface area contributed by atoms with E-state index in [0.717, 1.165) is 28.4 Å². The number of hydrogen-bond donors (Lipinski definition) is 1. The summed E-state index contributed by atoms with van der Waals surface area (Å²) in [5, 5.41) is 7.35. The standard InChI is InChI=1S/C18H17N5S/c1-12-7-9-14(10-8-12)23-17(20-21-18(23)24)11-22-13(2)19-15-5-3-4-6-16(15)22/h3-10H,11H2,1-2H3,(H,21,24). The summed E-state index contributed by atoms with van der Waals surface area (Å²) in [5.74, 6) is 1.82.